The van der Waals surface area contributed by atoms with Crippen LogP contribution in [0.1, 0.15) is 48.7 Å². The van der Waals surface area contributed by atoms with Crippen molar-refractivity contribution in [3.05, 3.63) is 65.1 Å². The molecule has 0 amide bonds. The number of aromatic nitrogens is 3. The van der Waals surface area contributed by atoms with Crippen LogP contribution >= 0.6 is 0 Å². The smallest absolute Gasteiger partial charge is 0.164 e. The zero-order valence-electron chi connectivity index (χ0n) is 14.2. The van der Waals surface area contributed by atoms with Gasteiger partial charge < -0.3 is 5.11 Å². The first-order valence-corrected chi connectivity index (χ1v) is 8.68. The van der Waals surface area contributed by atoms with E-state index in [0.29, 0.717) is 0 Å². The molecule has 1 aliphatic rings. The van der Waals surface area contributed by atoms with Crippen LogP contribution in [0.2, 0.25) is 0 Å². The van der Waals surface area contributed by atoms with E-state index in [1.165, 1.54) is 11.1 Å². The molecule has 3 aromatic rings. The van der Waals surface area contributed by atoms with Gasteiger partial charge in [-0.05, 0) is 56.7 Å². The van der Waals surface area contributed by atoms with E-state index < -0.39 is 0 Å². The van der Waals surface area contributed by atoms with Crippen LogP contribution in [0.15, 0.2) is 42.6 Å². The van der Waals surface area contributed by atoms with E-state index in [1.807, 2.05) is 6.92 Å². The van der Waals surface area contributed by atoms with Crippen molar-refractivity contribution < 1.29 is 5.11 Å². The second kappa shape index (κ2) is 5.71. The molecule has 2 aromatic heterocycles. The van der Waals surface area contributed by atoms with Crippen LogP contribution in [-0.2, 0) is 11.8 Å². The summed E-state index contributed by atoms with van der Waals surface area (Å²) in [6, 6.07) is 12.9. The molecule has 2 heterocycles. The summed E-state index contributed by atoms with van der Waals surface area (Å²) >= 11 is 0. The summed E-state index contributed by atoms with van der Waals surface area (Å²) in [6.07, 6.45) is 5.56. The monoisotopic (exact) mass is 321 g/mol. The van der Waals surface area contributed by atoms with Gasteiger partial charge in [-0.15, -0.1) is 10.2 Å². The summed E-state index contributed by atoms with van der Waals surface area (Å²) in [5.74, 6) is 1.04. The SMILES string of the molecule is Cc1ccc(C2(c3nnc4c(CCC(C)O)cccn34)CC2)cc1. The number of pyridine rings is 1. The van der Waals surface area contributed by atoms with Gasteiger partial charge in [-0.3, -0.25) is 4.40 Å². The summed E-state index contributed by atoms with van der Waals surface area (Å²) in [5.41, 5.74) is 4.69. The van der Waals surface area contributed by atoms with Crippen LogP contribution in [-0.4, -0.2) is 25.8 Å². The number of benzene rings is 1. The van der Waals surface area contributed by atoms with Gasteiger partial charge in [-0.2, -0.15) is 0 Å². The van der Waals surface area contributed by atoms with Crippen LogP contribution in [0.25, 0.3) is 5.65 Å². The second-order valence-electron chi connectivity index (χ2n) is 7.09. The molecular weight excluding hydrogens is 298 g/mol. The Morgan fingerprint density at radius 2 is 1.92 bits per heavy atom. The Bertz CT molecular complexity index is 860. The van der Waals surface area contributed by atoms with Crippen molar-refractivity contribution >= 4 is 5.65 Å². The van der Waals surface area contributed by atoms with Gasteiger partial charge in [0.1, 0.15) is 5.82 Å². The number of hydrogen-bond donors (Lipinski definition) is 1. The number of aryl methyl sites for hydroxylation is 2. The van der Waals surface area contributed by atoms with Crippen molar-refractivity contribution in [1.82, 2.24) is 14.6 Å². The first kappa shape index (κ1) is 15.3. The number of hydrogen-bond acceptors (Lipinski definition) is 3. The Morgan fingerprint density at radius 1 is 1.17 bits per heavy atom. The van der Waals surface area contributed by atoms with Crippen LogP contribution in [0.5, 0.6) is 0 Å². The van der Waals surface area contributed by atoms with E-state index in [9.17, 15) is 5.11 Å². The van der Waals surface area contributed by atoms with Crippen molar-refractivity contribution in [2.45, 2.75) is 51.0 Å². The standard InChI is InChI=1S/C20H23N3O/c1-14-5-9-17(10-6-14)20(11-12-20)19-22-21-18-16(8-7-15(2)24)4-3-13-23(18)19/h3-6,9-10,13,15,24H,7-8,11-12H2,1-2H3. The van der Waals surface area contributed by atoms with Gasteiger partial charge in [0.2, 0.25) is 0 Å². The Balaban J connectivity index is 1.75. The first-order chi connectivity index (χ1) is 11.6. The number of rotatable bonds is 5. The molecule has 24 heavy (non-hydrogen) atoms. The van der Waals surface area contributed by atoms with Gasteiger partial charge in [-0.25, -0.2) is 0 Å². The van der Waals surface area contributed by atoms with Gasteiger partial charge in [0.15, 0.2) is 5.65 Å². The fourth-order valence-electron chi connectivity index (χ4n) is 3.50. The first-order valence-electron chi connectivity index (χ1n) is 8.68. The van der Waals surface area contributed by atoms with Crippen LogP contribution in [0.3, 0.4) is 0 Å². The molecule has 4 rings (SSSR count). The molecule has 4 heteroatoms. The molecule has 1 aromatic carbocycles. The summed E-state index contributed by atoms with van der Waals surface area (Å²) in [7, 11) is 0. The highest BCUT2D eigenvalue weighted by Gasteiger charge is 2.49. The third-order valence-electron chi connectivity index (χ3n) is 5.13. The van der Waals surface area contributed by atoms with Gasteiger partial charge in [0.25, 0.3) is 0 Å². The van der Waals surface area contributed by atoms with Gasteiger partial charge >= 0.3 is 0 Å². The molecule has 1 aliphatic carbocycles. The van der Waals surface area contributed by atoms with Crippen molar-refractivity contribution in [3.63, 3.8) is 0 Å². The minimum atomic E-state index is -0.296. The molecule has 1 fully saturated rings. The highest BCUT2D eigenvalue weighted by Crippen LogP contribution is 2.52. The second-order valence-corrected chi connectivity index (χ2v) is 7.09. The molecule has 0 bridgehead atoms. The topological polar surface area (TPSA) is 50.4 Å². The lowest BCUT2D eigenvalue weighted by molar-refractivity contribution is 0.185. The molecule has 124 valence electrons. The van der Waals surface area contributed by atoms with E-state index in [4.69, 9.17) is 0 Å². The van der Waals surface area contributed by atoms with Crippen LogP contribution in [0, 0.1) is 6.92 Å². The van der Waals surface area contributed by atoms with E-state index in [-0.39, 0.29) is 11.5 Å². The molecule has 0 aliphatic heterocycles. The normalized spacial score (nSPS) is 17.1. The molecule has 1 unspecified atom stereocenters. The number of aliphatic hydroxyl groups excluding tert-OH is 1. The molecule has 1 atom stereocenters. The molecule has 0 saturated heterocycles. The maximum absolute atomic E-state index is 9.56. The molecule has 0 spiro atoms. The van der Waals surface area contributed by atoms with Gasteiger partial charge in [0.05, 0.1) is 11.5 Å². The van der Waals surface area contributed by atoms with Crippen molar-refractivity contribution in [1.29, 1.82) is 0 Å². The quantitative estimate of drug-likeness (QED) is 0.783. The van der Waals surface area contributed by atoms with Gasteiger partial charge in [0, 0.05) is 6.20 Å². The Hall–Kier alpha value is -2.20. The maximum Gasteiger partial charge on any atom is 0.164 e. The molecule has 4 nitrogen and oxygen atoms in total. The molecule has 0 radical (unpaired) electrons. The lowest BCUT2D eigenvalue weighted by Crippen LogP contribution is -2.13. The minimum Gasteiger partial charge on any atom is -0.393 e. The van der Waals surface area contributed by atoms with E-state index in [2.05, 4.69) is 64.1 Å². The zero-order valence-corrected chi connectivity index (χ0v) is 14.2. The molecule has 1 N–H and O–H groups in total. The van der Waals surface area contributed by atoms with E-state index >= 15 is 0 Å². The third-order valence-corrected chi connectivity index (χ3v) is 5.13. The lowest BCUT2D eigenvalue weighted by Gasteiger charge is -2.14. The largest absolute Gasteiger partial charge is 0.393 e. The highest BCUT2D eigenvalue weighted by atomic mass is 16.3. The third kappa shape index (κ3) is 2.51. The average molecular weight is 321 g/mol. The van der Waals surface area contributed by atoms with Crippen LogP contribution < -0.4 is 0 Å². The van der Waals surface area contributed by atoms with Gasteiger partial charge in [-0.1, -0.05) is 35.9 Å². The Morgan fingerprint density at radius 3 is 2.58 bits per heavy atom. The van der Waals surface area contributed by atoms with Crippen LogP contribution in [0.4, 0.5) is 0 Å². The summed E-state index contributed by atoms with van der Waals surface area (Å²) in [6.45, 7) is 3.94. The maximum atomic E-state index is 9.56. The summed E-state index contributed by atoms with van der Waals surface area (Å²) in [5, 5.41) is 18.6. The number of aliphatic hydroxyl groups is 1. The van der Waals surface area contributed by atoms with Crippen molar-refractivity contribution in [2.75, 3.05) is 0 Å². The van der Waals surface area contributed by atoms with Crippen molar-refractivity contribution in [2.24, 2.45) is 0 Å². The van der Waals surface area contributed by atoms with Crippen molar-refractivity contribution in [3.8, 4) is 0 Å². The molecule has 1 saturated carbocycles. The fourth-order valence-corrected chi connectivity index (χ4v) is 3.50. The Kier molecular flexibility index (Phi) is 3.65. The highest BCUT2D eigenvalue weighted by molar-refractivity contribution is 5.51. The zero-order chi connectivity index (χ0) is 16.7. The predicted octanol–water partition coefficient (Wildman–Crippen LogP) is 3.43. The average Bonchev–Trinajstić information content (AvgIpc) is 3.25. The fraction of sp³-hybridized carbons (Fsp3) is 0.400. The predicted molar refractivity (Wildman–Crippen MR) is 94.2 cm³/mol. The lowest BCUT2D eigenvalue weighted by atomic mass is 9.94. The Labute approximate surface area is 142 Å². The molecular formula is C20H23N3O. The van der Waals surface area contributed by atoms with E-state index in [1.54, 1.807) is 0 Å². The summed E-state index contributed by atoms with van der Waals surface area (Å²) in [4.78, 5) is 0. The van der Waals surface area contributed by atoms with E-state index in [0.717, 1.165) is 42.7 Å². The minimum absolute atomic E-state index is 0.00993. The summed E-state index contributed by atoms with van der Waals surface area (Å²) < 4.78 is 2.14. The number of fused-ring (bicyclic) bond motifs is 1. The number of nitrogens with zero attached hydrogens (tertiary/aromatic N) is 3.